The Hall–Kier alpha value is -0.220. The summed E-state index contributed by atoms with van der Waals surface area (Å²) >= 11 is 0. The van der Waals surface area contributed by atoms with Gasteiger partial charge in [0.1, 0.15) is 0 Å². The third-order valence-corrected chi connectivity index (χ3v) is 1.14. The molecule has 0 rings (SSSR count). The molecule has 0 saturated carbocycles. The molecule has 2 nitrogen and oxygen atoms in total. The lowest BCUT2D eigenvalue weighted by Crippen LogP contribution is -2.37. The Morgan fingerprint density at radius 2 is 1.89 bits per heavy atom. The molecule has 0 aliphatic carbocycles. The average Bonchev–Trinajstić information content (AvgIpc) is 1.64. The number of hydrogen-bond acceptors (Lipinski definition) is 2. The van der Waals surface area contributed by atoms with E-state index in [4.69, 9.17) is 5.11 Å². The summed E-state index contributed by atoms with van der Waals surface area (Å²) in [4.78, 5) is 1.30. The first kappa shape index (κ1) is 8.78. The number of nitrogens with zero attached hydrogens (tertiary/aromatic N) is 1. The summed E-state index contributed by atoms with van der Waals surface area (Å²) in [6.45, 7) is -0.495. The summed E-state index contributed by atoms with van der Waals surface area (Å²) in [5.74, 6) is 0. The van der Waals surface area contributed by atoms with E-state index in [-0.39, 0.29) is 0 Å². The van der Waals surface area contributed by atoms with Gasteiger partial charge in [-0.1, -0.05) is 0 Å². The third kappa shape index (κ3) is 2.72. The number of alkyl halides is 2. The van der Waals surface area contributed by atoms with Gasteiger partial charge in [0, 0.05) is 0 Å². The number of halogens is 2. The van der Waals surface area contributed by atoms with Crippen LogP contribution in [0.4, 0.5) is 8.78 Å². The van der Waals surface area contributed by atoms with Crippen LogP contribution in [-0.4, -0.2) is 43.2 Å². The fraction of sp³-hybridized carbons (Fsp3) is 1.00. The van der Waals surface area contributed by atoms with Gasteiger partial charge in [0.15, 0.2) is 0 Å². The standard InChI is InChI=1S/C5H11F2NO/c1-8(2)4(3-9)5(6)7/h4-5,9H,3H2,1-2H3. The first-order valence-electron chi connectivity index (χ1n) is 2.65. The minimum atomic E-state index is -2.47. The first-order chi connectivity index (χ1) is 4.09. The Kier molecular flexibility index (Phi) is 3.65. The number of rotatable bonds is 3. The van der Waals surface area contributed by atoms with Gasteiger partial charge in [-0.2, -0.15) is 0 Å². The second-order valence-corrected chi connectivity index (χ2v) is 2.05. The van der Waals surface area contributed by atoms with Crippen LogP contribution in [0.1, 0.15) is 0 Å². The van der Waals surface area contributed by atoms with Crippen LogP contribution in [0.25, 0.3) is 0 Å². The van der Waals surface area contributed by atoms with Crippen LogP contribution >= 0.6 is 0 Å². The zero-order valence-electron chi connectivity index (χ0n) is 5.51. The van der Waals surface area contributed by atoms with Crippen molar-refractivity contribution in [2.24, 2.45) is 0 Å². The monoisotopic (exact) mass is 139 g/mol. The van der Waals surface area contributed by atoms with Crippen molar-refractivity contribution >= 4 is 0 Å². The van der Waals surface area contributed by atoms with E-state index in [1.165, 1.54) is 19.0 Å². The highest BCUT2D eigenvalue weighted by molar-refractivity contribution is 4.65. The van der Waals surface area contributed by atoms with E-state index in [0.717, 1.165) is 0 Å². The molecule has 1 atom stereocenters. The predicted octanol–water partition coefficient (Wildman–Crippen LogP) is 0.174. The Morgan fingerprint density at radius 1 is 1.44 bits per heavy atom. The van der Waals surface area contributed by atoms with Gasteiger partial charge < -0.3 is 5.11 Å². The number of hydrogen-bond donors (Lipinski definition) is 1. The molecule has 1 N–H and O–H groups in total. The van der Waals surface area contributed by atoms with Crippen LogP contribution in [0.3, 0.4) is 0 Å². The van der Waals surface area contributed by atoms with Crippen LogP contribution in [-0.2, 0) is 0 Å². The summed E-state index contributed by atoms with van der Waals surface area (Å²) in [5, 5.41) is 8.35. The highest BCUT2D eigenvalue weighted by atomic mass is 19.3. The number of likely N-dealkylation sites (N-methyl/N-ethyl adjacent to an activating group) is 1. The molecular formula is C5H11F2NO. The van der Waals surface area contributed by atoms with Crippen molar-refractivity contribution in [2.45, 2.75) is 12.5 Å². The first-order valence-corrected chi connectivity index (χ1v) is 2.65. The molecule has 0 amide bonds. The van der Waals surface area contributed by atoms with E-state index in [9.17, 15) is 8.78 Å². The van der Waals surface area contributed by atoms with E-state index in [0.29, 0.717) is 0 Å². The van der Waals surface area contributed by atoms with Gasteiger partial charge in [-0.3, -0.25) is 4.90 Å². The molecule has 56 valence electrons. The molecular weight excluding hydrogens is 128 g/mol. The van der Waals surface area contributed by atoms with E-state index in [1.54, 1.807) is 0 Å². The fourth-order valence-electron chi connectivity index (χ4n) is 0.468. The number of aliphatic hydroxyl groups is 1. The lowest BCUT2D eigenvalue weighted by atomic mass is 10.3. The molecule has 0 saturated heterocycles. The van der Waals surface area contributed by atoms with Crippen LogP contribution in [0.5, 0.6) is 0 Å². The lowest BCUT2D eigenvalue weighted by Gasteiger charge is -2.20. The molecule has 0 aliphatic heterocycles. The Balaban J connectivity index is 3.68. The maximum absolute atomic E-state index is 11.7. The van der Waals surface area contributed by atoms with Gasteiger partial charge >= 0.3 is 0 Å². The maximum atomic E-state index is 11.7. The van der Waals surface area contributed by atoms with Gasteiger partial charge in [-0.05, 0) is 14.1 Å². The van der Waals surface area contributed by atoms with Gasteiger partial charge in [0.05, 0.1) is 12.6 Å². The maximum Gasteiger partial charge on any atom is 0.256 e. The topological polar surface area (TPSA) is 23.5 Å². The van der Waals surface area contributed by atoms with E-state index in [1.807, 2.05) is 0 Å². The van der Waals surface area contributed by atoms with Crippen LogP contribution in [0.2, 0.25) is 0 Å². The molecule has 9 heavy (non-hydrogen) atoms. The van der Waals surface area contributed by atoms with Crippen molar-refractivity contribution in [2.75, 3.05) is 20.7 Å². The molecule has 0 spiro atoms. The zero-order chi connectivity index (χ0) is 7.44. The van der Waals surface area contributed by atoms with Crippen molar-refractivity contribution in [3.05, 3.63) is 0 Å². The van der Waals surface area contributed by atoms with Crippen molar-refractivity contribution in [1.29, 1.82) is 0 Å². The van der Waals surface area contributed by atoms with Crippen molar-refractivity contribution in [3.63, 3.8) is 0 Å². The molecule has 4 heteroatoms. The summed E-state index contributed by atoms with van der Waals surface area (Å²) in [6.07, 6.45) is -2.47. The SMILES string of the molecule is CN(C)C(CO)C(F)F. The fourth-order valence-corrected chi connectivity index (χ4v) is 0.468. The lowest BCUT2D eigenvalue weighted by molar-refractivity contribution is 0.0175. The molecule has 0 aromatic heterocycles. The molecule has 0 fully saturated rings. The number of aliphatic hydroxyl groups excluding tert-OH is 1. The van der Waals surface area contributed by atoms with E-state index in [2.05, 4.69) is 0 Å². The second-order valence-electron chi connectivity index (χ2n) is 2.05. The Labute approximate surface area is 53.1 Å². The van der Waals surface area contributed by atoms with Gasteiger partial charge in [-0.15, -0.1) is 0 Å². The minimum absolute atomic E-state index is 0.495. The molecule has 0 radical (unpaired) electrons. The van der Waals surface area contributed by atoms with E-state index < -0.39 is 19.1 Å². The average molecular weight is 139 g/mol. The molecule has 0 aromatic rings. The highest BCUT2D eigenvalue weighted by Crippen LogP contribution is 2.04. The quantitative estimate of drug-likeness (QED) is 0.602. The van der Waals surface area contributed by atoms with Crippen LogP contribution in [0.15, 0.2) is 0 Å². The van der Waals surface area contributed by atoms with Crippen LogP contribution in [0, 0.1) is 0 Å². The smallest absolute Gasteiger partial charge is 0.256 e. The highest BCUT2D eigenvalue weighted by Gasteiger charge is 2.20. The molecule has 1 unspecified atom stereocenters. The molecule has 0 bridgehead atoms. The Morgan fingerprint density at radius 3 is 1.89 bits per heavy atom. The largest absolute Gasteiger partial charge is 0.395 e. The van der Waals surface area contributed by atoms with Gasteiger partial charge in [-0.25, -0.2) is 8.78 Å². The minimum Gasteiger partial charge on any atom is -0.395 e. The van der Waals surface area contributed by atoms with Gasteiger partial charge in [0.25, 0.3) is 6.43 Å². The summed E-state index contributed by atoms with van der Waals surface area (Å²) in [7, 11) is 3.01. The van der Waals surface area contributed by atoms with Crippen molar-refractivity contribution in [3.8, 4) is 0 Å². The van der Waals surface area contributed by atoms with Crippen molar-refractivity contribution in [1.82, 2.24) is 4.90 Å². The molecule has 0 aliphatic rings. The molecule has 0 aromatic carbocycles. The summed E-state index contributed by atoms with van der Waals surface area (Å²) < 4.78 is 23.5. The third-order valence-electron chi connectivity index (χ3n) is 1.14. The van der Waals surface area contributed by atoms with Gasteiger partial charge in [0.2, 0.25) is 0 Å². The predicted molar refractivity (Wildman–Crippen MR) is 30.6 cm³/mol. The Bertz CT molecular complexity index is 69.4. The second kappa shape index (κ2) is 3.74. The van der Waals surface area contributed by atoms with Crippen LogP contribution < -0.4 is 0 Å². The zero-order valence-corrected chi connectivity index (χ0v) is 5.51. The summed E-state index contributed by atoms with van der Waals surface area (Å²) in [6, 6.07) is -1.02. The van der Waals surface area contributed by atoms with E-state index >= 15 is 0 Å². The molecule has 0 heterocycles. The van der Waals surface area contributed by atoms with Crippen molar-refractivity contribution < 1.29 is 13.9 Å². The normalized spacial score (nSPS) is 15.0. The summed E-state index contributed by atoms with van der Waals surface area (Å²) in [5.41, 5.74) is 0.